The summed E-state index contributed by atoms with van der Waals surface area (Å²) in [6, 6.07) is 4.05. The second-order valence-corrected chi connectivity index (χ2v) is 6.42. The standard InChI is InChI=1S/C13H17N3O4S/c14-21(19,20)12-7-3-6-11(13(12)16(17)18)15-9-8-10-4-1-2-5-10/h3-4,6-7,15H,1-2,5,8-9H2,(H2,14,19,20). The fourth-order valence-electron chi connectivity index (χ4n) is 2.41. The number of allylic oxidation sites excluding steroid dienone is 1. The Hall–Kier alpha value is -1.93. The quantitative estimate of drug-likeness (QED) is 0.474. The molecule has 2 rings (SSSR count). The van der Waals surface area contributed by atoms with Crippen molar-refractivity contribution in [1.29, 1.82) is 0 Å². The molecule has 0 aromatic heterocycles. The highest BCUT2D eigenvalue weighted by atomic mass is 32.2. The summed E-state index contributed by atoms with van der Waals surface area (Å²) in [5.74, 6) is 0. The number of nitro benzene ring substituents is 1. The number of hydrogen-bond donors (Lipinski definition) is 2. The first kappa shape index (κ1) is 15.5. The van der Waals surface area contributed by atoms with Crippen LogP contribution in [0.2, 0.25) is 0 Å². The summed E-state index contributed by atoms with van der Waals surface area (Å²) in [6.45, 7) is 0.515. The number of nitrogens with one attached hydrogen (secondary N) is 1. The van der Waals surface area contributed by atoms with E-state index in [1.807, 2.05) is 0 Å². The Morgan fingerprint density at radius 3 is 2.71 bits per heavy atom. The number of nitrogens with two attached hydrogens (primary N) is 1. The maximum atomic E-state index is 11.4. The van der Waals surface area contributed by atoms with Gasteiger partial charge in [0, 0.05) is 6.54 Å². The summed E-state index contributed by atoms with van der Waals surface area (Å²) in [5, 5.41) is 19.1. The predicted octanol–water partition coefficient (Wildman–Crippen LogP) is 2.15. The first-order valence-corrected chi connectivity index (χ1v) is 8.16. The normalized spacial score (nSPS) is 14.8. The molecule has 1 aliphatic carbocycles. The Morgan fingerprint density at radius 1 is 1.38 bits per heavy atom. The van der Waals surface area contributed by atoms with Crippen molar-refractivity contribution in [3.63, 3.8) is 0 Å². The molecule has 8 heteroatoms. The van der Waals surface area contributed by atoms with Gasteiger partial charge in [-0.05, 0) is 37.8 Å². The Labute approximate surface area is 123 Å². The molecule has 0 bridgehead atoms. The Kier molecular flexibility index (Phi) is 4.59. The van der Waals surface area contributed by atoms with Crippen molar-refractivity contribution in [3.05, 3.63) is 40.0 Å². The lowest BCUT2D eigenvalue weighted by atomic mass is 10.1. The molecule has 0 atom stereocenters. The highest BCUT2D eigenvalue weighted by Gasteiger charge is 2.26. The van der Waals surface area contributed by atoms with E-state index in [0.717, 1.165) is 31.7 Å². The summed E-state index contributed by atoms with van der Waals surface area (Å²) in [4.78, 5) is 9.94. The molecule has 0 radical (unpaired) electrons. The predicted molar refractivity (Wildman–Crippen MR) is 79.5 cm³/mol. The van der Waals surface area contributed by atoms with Crippen LogP contribution in [0.3, 0.4) is 0 Å². The van der Waals surface area contributed by atoms with Crippen molar-refractivity contribution in [1.82, 2.24) is 0 Å². The van der Waals surface area contributed by atoms with Gasteiger partial charge < -0.3 is 5.32 Å². The van der Waals surface area contributed by atoms with E-state index in [1.54, 1.807) is 0 Å². The molecule has 0 unspecified atom stereocenters. The number of hydrogen-bond acceptors (Lipinski definition) is 5. The summed E-state index contributed by atoms with van der Waals surface area (Å²) in [5.41, 5.74) is 0.998. The van der Waals surface area contributed by atoms with Gasteiger partial charge in [0.1, 0.15) is 5.69 Å². The van der Waals surface area contributed by atoms with E-state index < -0.39 is 25.5 Å². The maximum Gasteiger partial charge on any atom is 0.312 e. The first-order valence-electron chi connectivity index (χ1n) is 6.61. The summed E-state index contributed by atoms with van der Waals surface area (Å²) < 4.78 is 22.9. The van der Waals surface area contributed by atoms with Crippen molar-refractivity contribution in [3.8, 4) is 0 Å². The van der Waals surface area contributed by atoms with Crippen LogP contribution in [0.4, 0.5) is 11.4 Å². The van der Waals surface area contributed by atoms with Crippen LogP contribution in [0, 0.1) is 10.1 Å². The van der Waals surface area contributed by atoms with Crippen LogP contribution >= 0.6 is 0 Å². The van der Waals surface area contributed by atoms with Crippen LogP contribution in [0.25, 0.3) is 0 Å². The SMILES string of the molecule is NS(=O)(=O)c1cccc(NCCC2=CCCC2)c1[N+](=O)[O-]. The molecule has 1 aromatic rings. The largest absolute Gasteiger partial charge is 0.379 e. The zero-order chi connectivity index (χ0) is 15.5. The van der Waals surface area contributed by atoms with Crippen LogP contribution in [-0.4, -0.2) is 19.9 Å². The van der Waals surface area contributed by atoms with Gasteiger partial charge in [-0.25, -0.2) is 13.6 Å². The third-order valence-electron chi connectivity index (χ3n) is 3.38. The van der Waals surface area contributed by atoms with E-state index in [0.29, 0.717) is 6.54 Å². The molecular weight excluding hydrogens is 294 g/mol. The highest BCUT2D eigenvalue weighted by Crippen LogP contribution is 2.31. The van der Waals surface area contributed by atoms with Crippen molar-refractivity contribution >= 4 is 21.4 Å². The van der Waals surface area contributed by atoms with Gasteiger partial charge in [-0.2, -0.15) is 0 Å². The molecule has 3 N–H and O–H groups in total. The average molecular weight is 311 g/mol. The molecule has 0 saturated carbocycles. The van der Waals surface area contributed by atoms with Gasteiger partial charge in [0.25, 0.3) is 0 Å². The van der Waals surface area contributed by atoms with Crippen LogP contribution < -0.4 is 10.5 Å². The van der Waals surface area contributed by atoms with Crippen molar-refractivity contribution < 1.29 is 13.3 Å². The lowest BCUT2D eigenvalue weighted by molar-refractivity contribution is -0.386. The molecule has 0 heterocycles. The van der Waals surface area contributed by atoms with E-state index in [1.165, 1.54) is 17.7 Å². The number of para-hydroxylation sites is 1. The fraction of sp³-hybridized carbons (Fsp3) is 0.385. The summed E-state index contributed by atoms with van der Waals surface area (Å²) in [7, 11) is -4.13. The van der Waals surface area contributed by atoms with Gasteiger partial charge in [0.2, 0.25) is 10.0 Å². The third-order valence-corrected chi connectivity index (χ3v) is 4.33. The van der Waals surface area contributed by atoms with Crippen LogP contribution in [-0.2, 0) is 10.0 Å². The number of benzene rings is 1. The van der Waals surface area contributed by atoms with Crippen molar-refractivity contribution in [2.24, 2.45) is 5.14 Å². The fourth-order valence-corrected chi connectivity index (χ4v) is 3.13. The van der Waals surface area contributed by atoms with Gasteiger partial charge in [0.05, 0.1) is 4.92 Å². The number of sulfonamides is 1. The van der Waals surface area contributed by atoms with Gasteiger partial charge in [-0.15, -0.1) is 0 Å². The number of nitro groups is 1. The molecule has 21 heavy (non-hydrogen) atoms. The molecule has 114 valence electrons. The second kappa shape index (κ2) is 6.23. The minimum atomic E-state index is -4.13. The van der Waals surface area contributed by atoms with E-state index in [4.69, 9.17) is 5.14 Å². The summed E-state index contributed by atoms with van der Waals surface area (Å²) in [6.07, 6.45) is 6.25. The number of nitrogens with zero attached hydrogens (tertiary/aromatic N) is 1. The van der Waals surface area contributed by atoms with Gasteiger partial charge in [0.15, 0.2) is 4.90 Å². The van der Waals surface area contributed by atoms with Gasteiger partial charge in [-0.3, -0.25) is 10.1 Å². The van der Waals surface area contributed by atoms with Gasteiger partial charge in [-0.1, -0.05) is 17.7 Å². The molecule has 0 spiro atoms. The molecular formula is C13H17N3O4S. The molecule has 1 aromatic carbocycles. The van der Waals surface area contributed by atoms with Crippen molar-refractivity contribution in [2.45, 2.75) is 30.6 Å². The zero-order valence-corrected chi connectivity index (χ0v) is 12.2. The smallest absolute Gasteiger partial charge is 0.312 e. The van der Waals surface area contributed by atoms with Crippen LogP contribution in [0.1, 0.15) is 25.7 Å². The minimum absolute atomic E-state index is 0.171. The van der Waals surface area contributed by atoms with Gasteiger partial charge >= 0.3 is 5.69 Å². The Morgan fingerprint density at radius 2 is 2.14 bits per heavy atom. The van der Waals surface area contributed by atoms with Crippen LogP contribution in [0.5, 0.6) is 0 Å². The molecule has 0 amide bonds. The lowest BCUT2D eigenvalue weighted by Crippen LogP contribution is -2.15. The number of anilines is 1. The van der Waals surface area contributed by atoms with Crippen LogP contribution in [0.15, 0.2) is 34.7 Å². The lowest BCUT2D eigenvalue weighted by Gasteiger charge is -2.09. The van der Waals surface area contributed by atoms with E-state index in [9.17, 15) is 18.5 Å². The minimum Gasteiger partial charge on any atom is -0.379 e. The van der Waals surface area contributed by atoms with Crippen molar-refractivity contribution in [2.75, 3.05) is 11.9 Å². The number of rotatable bonds is 6. The number of primary sulfonamides is 1. The van der Waals surface area contributed by atoms with E-state index in [2.05, 4.69) is 11.4 Å². The topological polar surface area (TPSA) is 115 Å². The molecule has 0 fully saturated rings. The average Bonchev–Trinajstić information content (AvgIpc) is 2.90. The molecule has 0 saturated heterocycles. The van der Waals surface area contributed by atoms with E-state index in [-0.39, 0.29) is 5.69 Å². The molecule has 7 nitrogen and oxygen atoms in total. The summed E-state index contributed by atoms with van der Waals surface area (Å²) >= 11 is 0. The molecule has 0 aliphatic heterocycles. The Balaban J connectivity index is 2.20. The molecule has 1 aliphatic rings. The second-order valence-electron chi connectivity index (χ2n) is 4.89. The third kappa shape index (κ3) is 3.79. The zero-order valence-electron chi connectivity index (χ0n) is 11.4. The Bertz CT molecular complexity index is 683. The highest BCUT2D eigenvalue weighted by molar-refractivity contribution is 7.89. The maximum absolute atomic E-state index is 11.4. The first-order chi connectivity index (χ1) is 9.89. The monoisotopic (exact) mass is 311 g/mol. The van der Waals surface area contributed by atoms with E-state index >= 15 is 0 Å².